The first kappa shape index (κ1) is 7.46. The molecule has 0 bridgehead atoms. The molecule has 1 aliphatic rings. The SMILES string of the molecule is O=C(O)C1(O)CC(O)CO1. The molecule has 3 N–H and O–H groups in total. The van der Waals surface area contributed by atoms with Crippen molar-refractivity contribution in [1.29, 1.82) is 0 Å². The number of hydrogen-bond acceptors (Lipinski definition) is 4. The second-order valence-electron chi connectivity index (χ2n) is 2.26. The molecule has 10 heavy (non-hydrogen) atoms. The summed E-state index contributed by atoms with van der Waals surface area (Å²) in [6, 6.07) is 0. The molecular formula is C5H8O5. The van der Waals surface area contributed by atoms with Gasteiger partial charge in [-0.1, -0.05) is 0 Å². The van der Waals surface area contributed by atoms with E-state index in [0.29, 0.717) is 0 Å². The Labute approximate surface area is 56.9 Å². The van der Waals surface area contributed by atoms with Crippen LogP contribution in [0, 0.1) is 0 Å². The molecule has 0 radical (unpaired) electrons. The van der Waals surface area contributed by atoms with Crippen LogP contribution >= 0.6 is 0 Å². The predicted molar refractivity (Wildman–Crippen MR) is 29.2 cm³/mol. The Bertz CT molecular complexity index is 156. The largest absolute Gasteiger partial charge is 0.477 e. The van der Waals surface area contributed by atoms with Gasteiger partial charge in [0.1, 0.15) is 0 Å². The molecular weight excluding hydrogens is 140 g/mol. The number of rotatable bonds is 1. The number of aliphatic carboxylic acids is 1. The number of carbonyl (C=O) groups is 1. The molecule has 0 aromatic rings. The third-order valence-electron chi connectivity index (χ3n) is 1.36. The molecule has 5 nitrogen and oxygen atoms in total. The monoisotopic (exact) mass is 148 g/mol. The fourth-order valence-corrected chi connectivity index (χ4v) is 0.820. The zero-order valence-electron chi connectivity index (χ0n) is 5.15. The van der Waals surface area contributed by atoms with E-state index in [1.54, 1.807) is 0 Å². The van der Waals surface area contributed by atoms with Crippen LogP contribution in [-0.4, -0.2) is 39.8 Å². The summed E-state index contributed by atoms with van der Waals surface area (Å²) in [7, 11) is 0. The average molecular weight is 148 g/mol. The maximum atomic E-state index is 10.2. The Morgan fingerprint density at radius 3 is 2.50 bits per heavy atom. The molecule has 0 aromatic heterocycles. The lowest BCUT2D eigenvalue weighted by atomic mass is 10.2. The van der Waals surface area contributed by atoms with E-state index in [1.807, 2.05) is 0 Å². The lowest BCUT2D eigenvalue weighted by Crippen LogP contribution is -2.37. The molecule has 1 heterocycles. The Kier molecular flexibility index (Phi) is 1.63. The third-order valence-corrected chi connectivity index (χ3v) is 1.36. The number of carboxylic acids is 1. The van der Waals surface area contributed by atoms with E-state index < -0.39 is 17.9 Å². The minimum atomic E-state index is -2.17. The summed E-state index contributed by atoms with van der Waals surface area (Å²) in [4.78, 5) is 10.2. The van der Waals surface area contributed by atoms with Crippen LogP contribution in [0.15, 0.2) is 0 Å². The van der Waals surface area contributed by atoms with Gasteiger partial charge in [-0.05, 0) is 0 Å². The Morgan fingerprint density at radius 1 is 1.70 bits per heavy atom. The summed E-state index contributed by atoms with van der Waals surface area (Å²) >= 11 is 0. The molecule has 0 amide bonds. The fourth-order valence-electron chi connectivity index (χ4n) is 0.820. The zero-order valence-corrected chi connectivity index (χ0v) is 5.15. The summed E-state index contributed by atoms with van der Waals surface area (Å²) in [6.45, 7) is -0.122. The van der Waals surface area contributed by atoms with Gasteiger partial charge in [-0.3, -0.25) is 0 Å². The van der Waals surface area contributed by atoms with Crippen molar-refractivity contribution in [2.45, 2.75) is 18.3 Å². The normalized spacial score (nSPS) is 40.0. The molecule has 2 atom stereocenters. The molecule has 0 aliphatic carbocycles. The molecule has 58 valence electrons. The minimum Gasteiger partial charge on any atom is -0.477 e. The molecule has 5 heteroatoms. The summed E-state index contributed by atoms with van der Waals surface area (Å²) < 4.78 is 4.42. The highest BCUT2D eigenvalue weighted by atomic mass is 16.7. The zero-order chi connectivity index (χ0) is 7.78. The van der Waals surface area contributed by atoms with Gasteiger partial charge in [-0.2, -0.15) is 0 Å². The first-order valence-corrected chi connectivity index (χ1v) is 2.82. The predicted octanol–water partition coefficient (Wildman–Crippen LogP) is -1.46. The number of aliphatic hydroxyl groups is 2. The molecule has 1 aliphatic heterocycles. The minimum absolute atomic E-state index is 0.122. The maximum absolute atomic E-state index is 10.2. The molecule has 0 aromatic carbocycles. The van der Waals surface area contributed by atoms with Crippen LogP contribution in [0.3, 0.4) is 0 Å². The van der Waals surface area contributed by atoms with Gasteiger partial charge in [0.15, 0.2) is 0 Å². The lowest BCUT2D eigenvalue weighted by molar-refractivity contribution is -0.206. The second-order valence-corrected chi connectivity index (χ2v) is 2.26. The van der Waals surface area contributed by atoms with Crippen molar-refractivity contribution >= 4 is 5.97 Å². The summed E-state index contributed by atoms with van der Waals surface area (Å²) in [5.41, 5.74) is 0. The highest BCUT2D eigenvalue weighted by Gasteiger charge is 2.45. The van der Waals surface area contributed by atoms with Crippen molar-refractivity contribution in [1.82, 2.24) is 0 Å². The Morgan fingerprint density at radius 2 is 2.30 bits per heavy atom. The topological polar surface area (TPSA) is 87.0 Å². The van der Waals surface area contributed by atoms with E-state index in [-0.39, 0.29) is 13.0 Å². The van der Waals surface area contributed by atoms with Crippen LogP contribution in [0.2, 0.25) is 0 Å². The lowest BCUT2D eigenvalue weighted by Gasteiger charge is -2.13. The maximum Gasteiger partial charge on any atom is 0.364 e. The van der Waals surface area contributed by atoms with Gasteiger partial charge in [0, 0.05) is 6.42 Å². The highest BCUT2D eigenvalue weighted by molar-refractivity contribution is 5.75. The van der Waals surface area contributed by atoms with Crippen molar-refractivity contribution in [3.8, 4) is 0 Å². The van der Waals surface area contributed by atoms with E-state index in [9.17, 15) is 4.79 Å². The Balaban J connectivity index is 2.63. The van der Waals surface area contributed by atoms with Crippen LogP contribution < -0.4 is 0 Å². The second kappa shape index (κ2) is 2.19. The number of ether oxygens (including phenoxy) is 1. The third kappa shape index (κ3) is 1.11. The van der Waals surface area contributed by atoms with E-state index in [4.69, 9.17) is 15.3 Å². The Hall–Kier alpha value is -0.650. The van der Waals surface area contributed by atoms with E-state index in [0.717, 1.165) is 0 Å². The van der Waals surface area contributed by atoms with Gasteiger partial charge in [0.25, 0.3) is 5.79 Å². The van der Waals surface area contributed by atoms with Crippen molar-refractivity contribution in [3.05, 3.63) is 0 Å². The molecule has 1 saturated heterocycles. The highest BCUT2D eigenvalue weighted by Crippen LogP contribution is 2.22. The number of hydrogen-bond donors (Lipinski definition) is 3. The van der Waals surface area contributed by atoms with Gasteiger partial charge < -0.3 is 20.1 Å². The standard InChI is InChI=1S/C5H8O5/c6-3-1-5(9,4(7)8)10-2-3/h3,6,9H,1-2H2,(H,7,8). The van der Waals surface area contributed by atoms with Crippen LogP contribution in [0.5, 0.6) is 0 Å². The first-order chi connectivity index (χ1) is 4.54. The molecule has 1 rings (SSSR count). The van der Waals surface area contributed by atoms with Crippen LogP contribution in [-0.2, 0) is 9.53 Å². The molecule has 2 unspecified atom stereocenters. The molecule has 1 fully saturated rings. The summed E-state index contributed by atoms with van der Waals surface area (Å²) in [5, 5.41) is 26.0. The van der Waals surface area contributed by atoms with Crippen LogP contribution in [0.4, 0.5) is 0 Å². The van der Waals surface area contributed by atoms with Crippen LogP contribution in [0.25, 0.3) is 0 Å². The van der Waals surface area contributed by atoms with E-state index in [1.165, 1.54) is 0 Å². The van der Waals surface area contributed by atoms with Crippen molar-refractivity contribution in [2.75, 3.05) is 6.61 Å². The molecule has 0 spiro atoms. The van der Waals surface area contributed by atoms with Gasteiger partial charge in [0.05, 0.1) is 12.7 Å². The fraction of sp³-hybridized carbons (Fsp3) is 0.800. The van der Waals surface area contributed by atoms with Crippen molar-refractivity contribution < 1.29 is 24.9 Å². The van der Waals surface area contributed by atoms with E-state index >= 15 is 0 Å². The summed E-state index contributed by atoms with van der Waals surface area (Å²) in [6.07, 6.45) is -1.14. The van der Waals surface area contributed by atoms with Gasteiger partial charge in [-0.25, -0.2) is 4.79 Å². The molecule has 0 saturated carbocycles. The quantitative estimate of drug-likeness (QED) is 0.423. The first-order valence-electron chi connectivity index (χ1n) is 2.82. The van der Waals surface area contributed by atoms with Crippen LogP contribution in [0.1, 0.15) is 6.42 Å². The number of carboxylic acid groups (broad SMARTS) is 1. The van der Waals surface area contributed by atoms with Gasteiger partial charge in [-0.15, -0.1) is 0 Å². The number of aliphatic hydroxyl groups excluding tert-OH is 1. The van der Waals surface area contributed by atoms with Crippen molar-refractivity contribution in [3.63, 3.8) is 0 Å². The van der Waals surface area contributed by atoms with Crippen molar-refractivity contribution in [2.24, 2.45) is 0 Å². The van der Waals surface area contributed by atoms with E-state index in [2.05, 4.69) is 4.74 Å². The van der Waals surface area contributed by atoms with Gasteiger partial charge >= 0.3 is 5.97 Å². The average Bonchev–Trinajstić information content (AvgIpc) is 2.13. The summed E-state index contributed by atoms with van der Waals surface area (Å²) in [5.74, 6) is -3.62. The van der Waals surface area contributed by atoms with Gasteiger partial charge in [0.2, 0.25) is 0 Å². The smallest absolute Gasteiger partial charge is 0.364 e.